The molecule has 0 spiro atoms. The Labute approximate surface area is 105 Å². The van der Waals surface area contributed by atoms with Crippen molar-refractivity contribution < 1.29 is 14.7 Å². The third-order valence-corrected chi connectivity index (χ3v) is 3.38. The Morgan fingerprint density at radius 3 is 2.33 bits per heavy atom. The summed E-state index contributed by atoms with van der Waals surface area (Å²) in [5.74, 6) is -1.51. The zero-order valence-corrected chi connectivity index (χ0v) is 10.1. The number of amides is 1. The SMILES string of the molecule is CC(NC(=O)C1(N)CC1)(C(=O)O)c1ccccc1. The summed E-state index contributed by atoms with van der Waals surface area (Å²) in [5, 5.41) is 11.9. The van der Waals surface area contributed by atoms with E-state index >= 15 is 0 Å². The van der Waals surface area contributed by atoms with Gasteiger partial charge in [-0.2, -0.15) is 0 Å². The highest BCUT2D eigenvalue weighted by Crippen LogP contribution is 2.33. The standard InChI is InChI=1S/C13H16N2O3/c1-12(11(17)18,9-5-3-2-4-6-9)15-10(16)13(14)7-8-13/h2-6H,7-8,14H2,1H3,(H,15,16)(H,17,18). The number of carboxylic acid groups (broad SMARTS) is 1. The van der Waals surface area contributed by atoms with E-state index in [-0.39, 0.29) is 0 Å². The van der Waals surface area contributed by atoms with Crippen molar-refractivity contribution >= 4 is 11.9 Å². The van der Waals surface area contributed by atoms with Gasteiger partial charge in [-0.05, 0) is 25.3 Å². The fraction of sp³-hybridized carbons (Fsp3) is 0.385. The van der Waals surface area contributed by atoms with Crippen LogP contribution in [0.25, 0.3) is 0 Å². The van der Waals surface area contributed by atoms with Crippen LogP contribution in [-0.4, -0.2) is 22.5 Å². The summed E-state index contributed by atoms with van der Waals surface area (Å²) in [6.07, 6.45) is 1.20. The lowest BCUT2D eigenvalue weighted by molar-refractivity contribution is -0.147. The third-order valence-electron chi connectivity index (χ3n) is 3.38. The molecule has 1 aromatic rings. The molecule has 5 nitrogen and oxygen atoms in total. The van der Waals surface area contributed by atoms with Crippen LogP contribution in [0, 0.1) is 0 Å². The summed E-state index contributed by atoms with van der Waals surface area (Å²) in [5.41, 5.74) is 3.96. The lowest BCUT2D eigenvalue weighted by Gasteiger charge is -2.28. The second-order valence-corrected chi connectivity index (χ2v) is 4.91. The van der Waals surface area contributed by atoms with E-state index in [0.717, 1.165) is 0 Å². The lowest BCUT2D eigenvalue weighted by atomic mass is 9.91. The predicted molar refractivity (Wildman–Crippen MR) is 65.7 cm³/mol. The third kappa shape index (κ3) is 2.09. The zero-order valence-electron chi connectivity index (χ0n) is 10.1. The first-order valence-electron chi connectivity index (χ1n) is 5.79. The van der Waals surface area contributed by atoms with Crippen molar-refractivity contribution in [3.63, 3.8) is 0 Å². The second-order valence-electron chi connectivity index (χ2n) is 4.91. The number of carbonyl (C=O) groups is 2. The predicted octanol–water partition coefficient (Wildman–Crippen LogP) is 0.594. The van der Waals surface area contributed by atoms with Crippen LogP contribution in [-0.2, 0) is 15.1 Å². The van der Waals surface area contributed by atoms with Crippen molar-refractivity contribution in [1.29, 1.82) is 0 Å². The Kier molecular flexibility index (Phi) is 2.86. The van der Waals surface area contributed by atoms with Gasteiger partial charge in [0.2, 0.25) is 5.91 Å². The monoisotopic (exact) mass is 248 g/mol. The summed E-state index contributed by atoms with van der Waals surface area (Å²) in [4.78, 5) is 23.4. The molecule has 1 aliphatic rings. The molecule has 2 rings (SSSR count). The maximum Gasteiger partial charge on any atom is 0.333 e. The number of nitrogens with two attached hydrogens (primary N) is 1. The van der Waals surface area contributed by atoms with E-state index in [2.05, 4.69) is 5.32 Å². The van der Waals surface area contributed by atoms with Crippen molar-refractivity contribution in [3.8, 4) is 0 Å². The average Bonchev–Trinajstić information content (AvgIpc) is 3.09. The van der Waals surface area contributed by atoms with E-state index in [4.69, 9.17) is 5.73 Å². The van der Waals surface area contributed by atoms with Crippen molar-refractivity contribution in [1.82, 2.24) is 5.32 Å². The molecule has 1 saturated carbocycles. The molecule has 5 heteroatoms. The quantitative estimate of drug-likeness (QED) is 0.727. The van der Waals surface area contributed by atoms with Gasteiger partial charge in [-0.25, -0.2) is 4.79 Å². The molecule has 0 bridgehead atoms. The first-order valence-corrected chi connectivity index (χ1v) is 5.79. The number of hydrogen-bond acceptors (Lipinski definition) is 3. The van der Waals surface area contributed by atoms with E-state index < -0.39 is 23.0 Å². The molecule has 1 unspecified atom stereocenters. The molecule has 0 saturated heterocycles. The minimum Gasteiger partial charge on any atom is -0.479 e. The summed E-state index contributed by atoms with van der Waals surface area (Å²) < 4.78 is 0. The molecule has 0 aromatic heterocycles. The van der Waals surface area contributed by atoms with Crippen LogP contribution in [0.15, 0.2) is 30.3 Å². The van der Waals surface area contributed by atoms with Crippen molar-refractivity contribution in [2.45, 2.75) is 30.8 Å². The highest BCUT2D eigenvalue weighted by atomic mass is 16.4. The smallest absolute Gasteiger partial charge is 0.333 e. The van der Waals surface area contributed by atoms with E-state index in [1.807, 2.05) is 0 Å². The van der Waals surface area contributed by atoms with Crippen LogP contribution in [0.5, 0.6) is 0 Å². The number of hydrogen-bond donors (Lipinski definition) is 3. The van der Waals surface area contributed by atoms with Crippen molar-refractivity contribution in [3.05, 3.63) is 35.9 Å². The molecule has 96 valence electrons. The van der Waals surface area contributed by atoms with Gasteiger partial charge in [-0.1, -0.05) is 30.3 Å². The molecular formula is C13H16N2O3. The van der Waals surface area contributed by atoms with Crippen LogP contribution in [0.2, 0.25) is 0 Å². The van der Waals surface area contributed by atoms with Crippen LogP contribution in [0.3, 0.4) is 0 Å². The van der Waals surface area contributed by atoms with Gasteiger partial charge in [0.05, 0.1) is 5.54 Å². The highest BCUT2D eigenvalue weighted by molar-refractivity contribution is 5.94. The molecular weight excluding hydrogens is 232 g/mol. The summed E-state index contributed by atoms with van der Waals surface area (Å²) >= 11 is 0. The number of benzene rings is 1. The normalized spacial score (nSPS) is 19.7. The summed E-state index contributed by atoms with van der Waals surface area (Å²) in [6, 6.07) is 8.60. The molecule has 0 aliphatic heterocycles. The second kappa shape index (κ2) is 4.10. The largest absolute Gasteiger partial charge is 0.479 e. The highest BCUT2D eigenvalue weighted by Gasteiger charge is 2.49. The number of carboxylic acids is 1. The number of nitrogens with one attached hydrogen (secondary N) is 1. The molecule has 18 heavy (non-hydrogen) atoms. The van der Waals surface area contributed by atoms with Gasteiger partial charge in [-0.3, -0.25) is 4.79 Å². The van der Waals surface area contributed by atoms with Crippen LogP contribution < -0.4 is 11.1 Å². The van der Waals surface area contributed by atoms with Gasteiger partial charge in [0.25, 0.3) is 0 Å². The molecule has 1 fully saturated rings. The summed E-state index contributed by atoms with van der Waals surface area (Å²) in [6.45, 7) is 1.47. The topological polar surface area (TPSA) is 92.4 Å². The number of aliphatic carboxylic acids is 1. The van der Waals surface area contributed by atoms with E-state index in [1.54, 1.807) is 30.3 Å². The maximum absolute atomic E-state index is 11.9. The van der Waals surface area contributed by atoms with Gasteiger partial charge >= 0.3 is 5.97 Å². The van der Waals surface area contributed by atoms with Crippen LogP contribution in [0.4, 0.5) is 0 Å². The fourth-order valence-electron chi connectivity index (χ4n) is 1.73. The van der Waals surface area contributed by atoms with Crippen molar-refractivity contribution in [2.75, 3.05) is 0 Å². The maximum atomic E-state index is 11.9. The Morgan fingerprint density at radius 2 is 1.89 bits per heavy atom. The Morgan fingerprint density at radius 1 is 1.33 bits per heavy atom. The molecule has 1 amide bonds. The minimum atomic E-state index is -1.45. The Hall–Kier alpha value is -1.88. The van der Waals surface area contributed by atoms with Gasteiger partial charge in [-0.15, -0.1) is 0 Å². The molecule has 4 N–H and O–H groups in total. The zero-order chi connectivity index (χ0) is 13.4. The lowest BCUT2D eigenvalue weighted by Crippen LogP contribution is -2.55. The molecule has 1 atom stereocenters. The molecule has 0 heterocycles. The minimum absolute atomic E-state index is 0.406. The Balaban J connectivity index is 2.28. The average molecular weight is 248 g/mol. The van der Waals surface area contributed by atoms with E-state index in [9.17, 15) is 14.7 Å². The van der Waals surface area contributed by atoms with Gasteiger partial charge in [0.1, 0.15) is 0 Å². The fourth-order valence-corrected chi connectivity index (χ4v) is 1.73. The Bertz CT molecular complexity index is 482. The van der Waals surface area contributed by atoms with Gasteiger partial charge < -0.3 is 16.2 Å². The van der Waals surface area contributed by atoms with Crippen LogP contribution >= 0.6 is 0 Å². The van der Waals surface area contributed by atoms with Crippen LogP contribution in [0.1, 0.15) is 25.3 Å². The number of carbonyl (C=O) groups excluding carboxylic acids is 1. The van der Waals surface area contributed by atoms with Crippen molar-refractivity contribution in [2.24, 2.45) is 5.73 Å². The first kappa shape index (κ1) is 12.6. The van der Waals surface area contributed by atoms with Gasteiger partial charge in [0.15, 0.2) is 5.54 Å². The molecule has 0 radical (unpaired) electrons. The van der Waals surface area contributed by atoms with E-state index in [0.29, 0.717) is 18.4 Å². The first-order chi connectivity index (χ1) is 8.38. The molecule has 1 aromatic carbocycles. The van der Waals surface area contributed by atoms with Gasteiger partial charge in [0, 0.05) is 0 Å². The van der Waals surface area contributed by atoms with E-state index in [1.165, 1.54) is 6.92 Å². The number of rotatable bonds is 4. The molecule has 1 aliphatic carbocycles. The summed E-state index contributed by atoms with van der Waals surface area (Å²) in [7, 11) is 0.